The Morgan fingerprint density at radius 1 is 1.47 bits per heavy atom. The highest BCUT2D eigenvalue weighted by molar-refractivity contribution is 9.10. The lowest BCUT2D eigenvalue weighted by Gasteiger charge is -2.37. The maximum Gasteiger partial charge on any atom is 0.308 e. The molecule has 2 rings (SSSR count). The van der Waals surface area contributed by atoms with E-state index in [9.17, 15) is 14.7 Å². The van der Waals surface area contributed by atoms with Crippen molar-refractivity contribution >= 4 is 27.8 Å². The molecule has 102 valence electrons. The van der Waals surface area contributed by atoms with Crippen LogP contribution in [0.3, 0.4) is 0 Å². The summed E-state index contributed by atoms with van der Waals surface area (Å²) >= 11 is 3.43. The molecule has 1 fully saturated rings. The summed E-state index contributed by atoms with van der Waals surface area (Å²) in [4.78, 5) is 24.8. The van der Waals surface area contributed by atoms with Gasteiger partial charge in [0.25, 0.3) is 0 Å². The van der Waals surface area contributed by atoms with Gasteiger partial charge in [-0.25, -0.2) is 0 Å². The number of carbonyl (C=O) groups excluding carboxylic acids is 1. The molecule has 0 aliphatic carbocycles. The van der Waals surface area contributed by atoms with Crippen molar-refractivity contribution in [1.82, 2.24) is 4.90 Å². The summed E-state index contributed by atoms with van der Waals surface area (Å²) in [6.45, 7) is 1.95. The maximum absolute atomic E-state index is 11.8. The van der Waals surface area contributed by atoms with Gasteiger partial charge in [0, 0.05) is 17.9 Å². The van der Waals surface area contributed by atoms with Gasteiger partial charge in [0.1, 0.15) is 0 Å². The van der Waals surface area contributed by atoms with Crippen LogP contribution in [0.15, 0.2) is 22.7 Å². The molecular formula is C14H16BrNO3. The number of nitrogens with zero attached hydrogens (tertiary/aromatic N) is 1. The molecule has 1 saturated heterocycles. The molecule has 0 saturated carbocycles. The SMILES string of the molecule is Cc1cc(C2C(C(=O)O)CCC(=O)N2C)ccc1Br. The van der Waals surface area contributed by atoms with Crippen molar-refractivity contribution in [1.29, 1.82) is 0 Å². The largest absolute Gasteiger partial charge is 0.481 e. The first-order valence-electron chi connectivity index (χ1n) is 6.16. The normalized spacial score (nSPS) is 23.5. The highest BCUT2D eigenvalue weighted by Gasteiger charge is 2.38. The molecule has 2 atom stereocenters. The second-order valence-electron chi connectivity index (χ2n) is 4.94. The van der Waals surface area contributed by atoms with Crippen molar-refractivity contribution in [2.24, 2.45) is 5.92 Å². The van der Waals surface area contributed by atoms with Gasteiger partial charge >= 0.3 is 5.97 Å². The number of amides is 1. The average Bonchev–Trinajstić information content (AvgIpc) is 2.35. The van der Waals surface area contributed by atoms with E-state index in [-0.39, 0.29) is 11.9 Å². The Morgan fingerprint density at radius 2 is 2.16 bits per heavy atom. The fourth-order valence-corrected chi connectivity index (χ4v) is 2.85. The van der Waals surface area contributed by atoms with E-state index in [0.29, 0.717) is 12.8 Å². The quantitative estimate of drug-likeness (QED) is 0.909. The third-order valence-corrected chi connectivity index (χ3v) is 4.59. The smallest absolute Gasteiger partial charge is 0.308 e. The number of likely N-dealkylation sites (tertiary alicyclic amines) is 1. The van der Waals surface area contributed by atoms with Crippen LogP contribution >= 0.6 is 15.9 Å². The summed E-state index contributed by atoms with van der Waals surface area (Å²) < 4.78 is 0.980. The first kappa shape index (κ1) is 14.1. The van der Waals surface area contributed by atoms with E-state index in [0.717, 1.165) is 15.6 Å². The van der Waals surface area contributed by atoms with Crippen molar-refractivity contribution < 1.29 is 14.7 Å². The zero-order chi connectivity index (χ0) is 14.2. The number of rotatable bonds is 2. The molecule has 1 amide bonds. The molecule has 1 aliphatic rings. The molecule has 1 heterocycles. The summed E-state index contributed by atoms with van der Waals surface area (Å²) in [6, 6.07) is 5.34. The van der Waals surface area contributed by atoms with E-state index < -0.39 is 11.9 Å². The highest BCUT2D eigenvalue weighted by atomic mass is 79.9. The van der Waals surface area contributed by atoms with Gasteiger partial charge in [0.15, 0.2) is 0 Å². The predicted molar refractivity (Wildman–Crippen MR) is 74.7 cm³/mol. The van der Waals surface area contributed by atoms with Gasteiger partial charge < -0.3 is 10.0 Å². The molecule has 4 nitrogen and oxygen atoms in total. The van der Waals surface area contributed by atoms with Gasteiger partial charge in [-0.1, -0.05) is 28.1 Å². The monoisotopic (exact) mass is 325 g/mol. The van der Waals surface area contributed by atoms with E-state index in [1.165, 1.54) is 0 Å². The molecule has 5 heteroatoms. The second kappa shape index (κ2) is 5.33. The van der Waals surface area contributed by atoms with Crippen molar-refractivity contribution in [3.8, 4) is 0 Å². The molecule has 1 aliphatic heterocycles. The first-order chi connectivity index (χ1) is 8.91. The molecular weight excluding hydrogens is 310 g/mol. The van der Waals surface area contributed by atoms with Crippen LogP contribution in [0.25, 0.3) is 0 Å². The summed E-state index contributed by atoms with van der Waals surface area (Å²) in [5.74, 6) is -1.38. The predicted octanol–water partition coefficient (Wildman–Crippen LogP) is 2.75. The fourth-order valence-electron chi connectivity index (χ4n) is 2.60. The Bertz CT molecular complexity index is 529. The van der Waals surface area contributed by atoms with Crippen LogP contribution in [-0.2, 0) is 9.59 Å². The molecule has 1 N–H and O–H groups in total. The number of halogens is 1. The number of aryl methyl sites for hydroxylation is 1. The number of hydrogen-bond acceptors (Lipinski definition) is 2. The first-order valence-corrected chi connectivity index (χ1v) is 6.95. The van der Waals surface area contributed by atoms with Crippen LogP contribution in [0.2, 0.25) is 0 Å². The number of benzene rings is 1. The van der Waals surface area contributed by atoms with E-state index in [4.69, 9.17) is 0 Å². The van der Waals surface area contributed by atoms with Gasteiger partial charge in [-0.15, -0.1) is 0 Å². The Labute approximate surface area is 120 Å². The van der Waals surface area contributed by atoms with Crippen molar-refractivity contribution in [2.45, 2.75) is 25.8 Å². The molecule has 2 unspecified atom stereocenters. The summed E-state index contributed by atoms with van der Waals surface area (Å²) in [5.41, 5.74) is 1.91. The summed E-state index contributed by atoms with van der Waals surface area (Å²) in [5, 5.41) is 9.35. The van der Waals surface area contributed by atoms with Crippen LogP contribution in [-0.4, -0.2) is 28.9 Å². The van der Waals surface area contributed by atoms with Gasteiger partial charge in [-0.3, -0.25) is 9.59 Å². The maximum atomic E-state index is 11.8. The third kappa shape index (κ3) is 2.66. The van der Waals surface area contributed by atoms with E-state index in [1.54, 1.807) is 11.9 Å². The molecule has 0 spiro atoms. The number of carboxylic acid groups (broad SMARTS) is 1. The molecule has 0 bridgehead atoms. The van der Waals surface area contributed by atoms with Crippen LogP contribution in [0.4, 0.5) is 0 Å². The lowest BCUT2D eigenvalue weighted by Crippen LogP contribution is -2.43. The van der Waals surface area contributed by atoms with Crippen molar-refractivity contribution in [3.63, 3.8) is 0 Å². The number of piperidine rings is 1. The van der Waals surface area contributed by atoms with Crippen LogP contribution in [0, 0.1) is 12.8 Å². The van der Waals surface area contributed by atoms with Gasteiger partial charge in [0.2, 0.25) is 5.91 Å². The number of carboxylic acids is 1. The highest BCUT2D eigenvalue weighted by Crippen LogP contribution is 2.36. The van der Waals surface area contributed by atoms with Gasteiger partial charge in [-0.05, 0) is 30.5 Å². The minimum atomic E-state index is -0.843. The Balaban J connectivity index is 2.43. The fraction of sp³-hybridized carbons (Fsp3) is 0.429. The third-order valence-electron chi connectivity index (χ3n) is 3.70. The van der Waals surface area contributed by atoms with Crippen molar-refractivity contribution in [2.75, 3.05) is 7.05 Å². The summed E-state index contributed by atoms with van der Waals surface area (Å²) in [7, 11) is 1.68. The van der Waals surface area contributed by atoms with E-state index in [2.05, 4.69) is 15.9 Å². The Hall–Kier alpha value is -1.36. The Kier molecular flexibility index (Phi) is 3.94. The van der Waals surface area contributed by atoms with E-state index in [1.807, 2.05) is 25.1 Å². The second-order valence-corrected chi connectivity index (χ2v) is 5.80. The summed E-state index contributed by atoms with van der Waals surface area (Å²) in [6.07, 6.45) is 0.706. The standard InChI is InChI=1S/C14H16BrNO3/c1-8-7-9(3-5-11(8)15)13-10(14(18)19)4-6-12(17)16(13)2/h3,5,7,10,13H,4,6H2,1-2H3,(H,18,19). The Morgan fingerprint density at radius 3 is 2.74 bits per heavy atom. The van der Waals surface area contributed by atoms with E-state index >= 15 is 0 Å². The topological polar surface area (TPSA) is 57.6 Å². The molecule has 0 aromatic heterocycles. The van der Waals surface area contributed by atoms with Gasteiger partial charge in [0.05, 0.1) is 12.0 Å². The number of carbonyl (C=O) groups is 2. The molecule has 1 aromatic carbocycles. The van der Waals surface area contributed by atoms with Crippen LogP contribution < -0.4 is 0 Å². The van der Waals surface area contributed by atoms with Crippen molar-refractivity contribution in [3.05, 3.63) is 33.8 Å². The minimum absolute atomic E-state index is 0.00284. The van der Waals surface area contributed by atoms with Gasteiger partial charge in [-0.2, -0.15) is 0 Å². The molecule has 0 radical (unpaired) electrons. The number of hydrogen-bond donors (Lipinski definition) is 1. The van der Waals surface area contributed by atoms with Crippen LogP contribution in [0.5, 0.6) is 0 Å². The van der Waals surface area contributed by atoms with Crippen LogP contribution in [0.1, 0.15) is 30.0 Å². The lowest BCUT2D eigenvalue weighted by atomic mass is 9.84. The zero-order valence-corrected chi connectivity index (χ0v) is 12.5. The zero-order valence-electron chi connectivity index (χ0n) is 10.9. The lowest BCUT2D eigenvalue weighted by molar-refractivity contribution is -0.150. The molecule has 1 aromatic rings. The molecule has 19 heavy (non-hydrogen) atoms. The minimum Gasteiger partial charge on any atom is -0.481 e. The number of aliphatic carboxylic acids is 1. The average molecular weight is 326 g/mol.